The molecule has 204 valence electrons. The highest BCUT2D eigenvalue weighted by Gasteiger charge is 2.90. The van der Waals surface area contributed by atoms with Gasteiger partial charge in [-0.1, -0.05) is 24.3 Å². The summed E-state index contributed by atoms with van der Waals surface area (Å²) in [6.07, 6.45) is -11.7. The van der Waals surface area contributed by atoms with Gasteiger partial charge in [-0.15, -0.1) is 0 Å². The highest BCUT2D eigenvalue weighted by atomic mass is 19.4. The Morgan fingerprint density at radius 1 is 0.730 bits per heavy atom. The van der Waals surface area contributed by atoms with Crippen molar-refractivity contribution in [3.05, 3.63) is 46.5 Å². The van der Waals surface area contributed by atoms with Crippen molar-refractivity contribution in [1.82, 2.24) is 0 Å². The van der Waals surface area contributed by atoms with E-state index >= 15 is 0 Å². The van der Waals surface area contributed by atoms with Gasteiger partial charge in [0.1, 0.15) is 0 Å². The van der Waals surface area contributed by atoms with Crippen LogP contribution in [0, 0.1) is 17.2 Å². The number of carbonyl (C=O) groups excluding carboxylic acids is 2. The quantitative estimate of drug-likeness (QED) is 0.322. The first-order valence-electron chi connectivity index (χ1n) is 9.73. The summed E-state index contributed by atoms with van der Waals surface area (Å²) in [4.78, 5) is 25.3. The topological polar surface area (TPSA) is 57.9 Å². The molecule has 16 heteroatoms. The van der Waals surface area contributed by atoms with Crippen molar-refractivity contribution in [1.29, 1.82) is 5.26 Å². The molecule has 0 saturated carbocycles. The first kappa shape index (κ1) is 30.1. The van der Waals surface area contributed by atoms with E-state index in [0.29, 0.717) is 0 Å². The molecule has 0 N–H and O–H groups in total. The fourth-order valence-electron chi connectivity index (χ4n) is 3.64. The molecular weight excluding hydrogens is 545 g/mol. The minimum absolute atomic E-state index is 0.276. The number of nitrogens with zero attached hydrogens (tertiary/aromatic N) is 1. The Labute approximate surface area is 198 Å². The first-order valence-corrected chi connectivity index (χ1v) is 9.73. The summed E-state index contributed by atoms with van der Waals surface area (Å²) in [6, 6.07) is 5.73. The molecule has 0 bridgehead atoms. The van der Waals surface area contributed by atoms with Crippen LogP contribution in [0.5, 0.6) is 0 Å². The zero-order valence-corrected chi connectivity index (χ0v) is 18.0. The molecule has 1 aliphatic rings. The van der Waals surface area contributed by atoms with Gasteiger partial charge in [-0.2, -0.15) is 62.3 Å². The number of carbonyl (C=O) groups is 2. The molecule has 37 heavy (non-hydrogen) atoms. The lowest BCUT2D eigenvalue weighted by atomic mass is 9.75. The number of ketones is 2. The van der Waals surface area contributed by atoms with E-state index < -0.39 is 82.8 Å². The van der Waals surface area contributed by atoms with Gasteiger partial charge in [0, 0.05) is 41.0 Å². The van der Waals surface area contributed by atoms with E-state index in [0.717, 1.165) is 25.1 Å². The summed E-state index contributed by atoms with van der Waals surface area (Å²) in [7, 11) is 0. The largest absolute Gasteiger partial charge is 0.460 e. The van der Waals surface area contributed by atoms with Crippen molar-refractivity contribution in [3.8, 4) is 6.07 Å². The molecule has 1 aromatic carbocycles. The number of rotatable bonds is 8. The van der Waals surface area contributed by atoms with Gasteiger partial charge in [0.25, 0.3) is 0 Å². The van der Waals surface area contributed by atoms with Gasteiger partial charge in [-0.25, -0.2) is 0 Å². The molecule has 1 aliphatic carbocycles. The van der Waals surface area contributed by atoms with Gasteiger partial charge in [-0.3, -0.25) is 9.59 Å². The van der Waals surface area contributed by atoms with Crippen molar-refractivity contribution < 1.29 is 66.7 Å². The summed E-state index contributed by atoms with van der Waals surface area (Å²) in [5, 5.41) is 8.89. The SMILES string of the molecule is CC1=C(C(CC#N)CC(F)(F)C(F)(F)C(F)(F)C(F)(F)C(F)(F)C(F)(F)F)C(=O)c2ccccc2C1=O. The zero-order valence-electron chi connectivity index (χ0n) is 18.0. The van der Waals surface area contributed by atoms with Gasteiger partial charge in [-0.05, 0) is 6.92 Å². The van der Waals surface area contributed by atoms with Gasteiger partial charge < -0.3 is 0 Å². The lowest BCUT2D eigenvalue weighted by Gasteiger charge is -2.40. The monoisotopic (exact) mass is 557 g/mol. The zero-order chi connectivity index (χ0) is 29.0. The van der Waals surface area contributed by atoms with Crippen LogP contribution in [0.2, 0.25) is 0 Å². The molecule has 1 aromatic rings. The predicted molar refractivity (Wildman–Crippen MR) is 96.9 cm³/mol. The summed E-state index contributed by atoms with van der Waals surface area (Å²) in [6.45, 7) is 0.832. The molecule has 0 radical (unpaired) electrons. The van der Waals surface area contributed by atoms with Crippen LogP contribution in [0.25, 0.3) is 0 Å². The number of alkyl halides is 13. The second-order valence-corrected chi connectivity index (χ2v) is 8.01. The molecule has 2 rings (SSSR count). The number of nitriles is 1. The van der Waals surface area contributed by atoms with E-state index in [1.165, 1.54) is 12.1 Å². The molecule has 1 unspecified atom stereocenters. The van der Waals surface area contributed by atoms with Crippen LogP contribution < -0.4 is 0 Å². The third-order valence-corrected chi connectivity index (χ3v) is 5.65. The van der Waals surface area contributed by atoms with E-state index in [1.54, 1.807) is 0 Å². The standard InChI is InChI=1S/C21H12F13NO2/c1-9-13(15(37)12-5-3-2-4-11(12)14(9)36)10(6-7-35)8-16(22,23)17(24,25)18(26,27)19(28,29)20(30,31)21(32,33)34/h2-5,10H,6,8H2,1H3. The first-order chi connectivity index (χ1) is 16.5. The fourth-order valence-corrected chi connectivity index (χ4v) is 3.64. The number of Topliss-reactive ketones (excluding diaryl/α,β-unsaturated/α-hetero) is 2. The molecule has 1 atom stereocenters. The number of allylic oxidation sites excluding steroid dienone is 2. The summed E-state index contributed by atoms with van der Waals surface area (Å²) in [5.41, 5.74) is -2.48. The second kappa shape index (κ2) is 9.02. The average molecular weight is 557 g/mol. The van der Waals surface area contributed by atoms with E-state index in [4.69, 9.17) is 5.26 Å². The van der Waals surface area contributed by atoms with E-state index in [1.807, 2.05) is 0 Å². The van der Waals surface area contributed by atoms with Crippen LogP contribution in [0.3, 0.4) is 0 Å². The van der Waals surface area contributed by atoms with Gasteiger partial charge in [0.05, 0.1) is 6.07 Å². The maximum atomic E-state index is 14.5. The Balaban J connectivity index is 2.60. The van der Waals surface area contributed by atoms with Crippen LogP contribution in [0.15, 0.2) is 35.4 Å². The highest BCUT2D eigenvalue weighted by molar-refractivity contribution is 6.26. The van der Waals surface area contributed by atoms with Crippen molar-refractivity contribution in [2.24, 2.45) is 5.92 Å². The Bertz CT molecular complexity index is 1180. The predicted octanol–water partition coefficient (Wildman–Crippen LogP) is 7.04. The van der Waals surface area contributed by atoms with E-state index in [2.05, 4.69) is 0 Å². The van der Waals surface area contributed by atoms with E-state index in [9.17, 15) is 66.7 Å². The molecule has 0 saturated heterocycles. The van der Waals surface area contributed by atoms with Crippen molar-refractivity contribution in [2.75, 3.05) is 0 Å². The minimum Gasteiger partial charge on any atom is -0.289 e. The van der Waals surface area contributed by atoms with Crippen molar-refractivity contribution in [3.63, 3.8) is 0 Å². The summed E-state index contributed by atoms with van der Waals surface area (Å²) >= 11 is 0. The van der Waals surface area contributed by atoms with Gasteiger partial charge in [0.15, 0.2) is 11.6 Å². The van der Waals surface area contributed by atoms with E-state index in [-0.39, 0.29) is 5.56 Å². The Morgan fingerprint density at radius 2 is 1.16 bits per heavy atom. The number of fused-ring (bicyclic) bond motifs is 1. The molecule has 0 spiro atoms. The Hall–Kier alpha value is -3.12. The summed E-state index contributed by atoms with van der Waals surface area (Å²) < 4.78 is 175. The second-order valence-electron chi connectivity index (χ2n) is 8.01. The number of hydrogen-bond acceptors (Lipinski definition) is 3. The van der Waals surface area contributed by atoms with Crippen molar-refractivity contribution in [2.45, 2.75) is 55.6 Å². The Kier molecular flexibility index (Phi) is 7.34. The van der Waals surface area contributed by atoms with Crippen molar-refractivity contribution >= 4 is 11.6 Å². The normalized spacial score (nSPS) is 17.0. The van der Waals surface area contributed by atoms with Crippen LogP contribution in [-0.4, -0.2) is 47.4 Å². The molecule has 0 aliphatic heterocycles. The maximum Gasteiger partial charge on any atom is 0.460 e. The molecule has 0 aromatic heterocycles. The lowest BCUT2D eigenvalue weighted by molar-refractivity contribution is -0.440. The molecule has 0 heterocycles. The van der Waals surface area contributed by atoms with Crippen LogP contribution >= 0.6 is 0 Å². The van der Waals surface area contributed by atoms with Gasteiger partial charge >= 0.3 is 35.8 Å². The molecular formula is C21H12F13NO2. The van der Waals surface area contributed by atoms with Crippen LogP contribution in [0.1, 0.15) is 40.5 Å². The summed E-state index contributed by atoms with van der Waals surface area (Å²) in [5.74, 6) is -42.8. The number of benzene rings is 1. The lowest BCUT2D eigenvalue weighted by Crippen LogP contribution is -2.70. The highest BCUT2D eigenvalue weighted by Crippen LogP contribution is 2.61. The minimum atomic E-state index is -8.07. The molecule has 0 fully saturated rings. The third kappa shape index (κ3) is 4.35. The molecule has 3 nitrogen and oxygen atoms in total. The van der Waals surface area contributed by atoms with Crippen LogP contribution in [-0.2, 0) is 0 Å². The molecule has 0 amide bonds. The third-order valence-electron chi connectivity index (χ3n) is 5.65. The fraction of sp³-hybridized carbons (Fsp3) is 0.476. The maximum absolute atomic E-state index is 14.5. The van der Waals surface area contributed by atoms with Gasteiger partial charge in [0.2, 0.25) is 0 Å². The number of hydrogen-bond donors (Lipinski definition) is 0. The average Bonchev–Trinajstić information content (AvgIpc) is 2.76. The number of halogens is 13. The Morgan fingerprint density at radius 3 is 1.59 bits per heavy atom. The smallest absolute Gasteiger partial charge is 0.289 e. The van der Waals surface area contributed by atoms with Crippen LogP contribution in [0.4, 0.5) is 57.1 Å².